The average molecular weight is 404 g/mol. The molecular formula is C18H28O10. The van der Waals surface area contributed by atoms with Crippen LogP contribution in [0.4, 0.5) is 0 Å². The molecule has 0 aliphatic carbocycles. The van der Waals surface area contributed by atoms with Gasteiger partial charge in [0.15, 0.2) is 24.6 Å². The van der Waals surface area contributed by atoms with Gasteiger partial charge in [-0.1, -0.05) is 0 Å². The Labute approximate surface area is 163 Å². The summed E-state index contributed by atoms with van der Waals surface area (Å²) in [6.45, 7) is 9.66. The molecule has 10 heteroatoms. The van der Waals surface area contributed by atoms with Crippen LogP contribution in [0.1, 0.15) is 48.5 Å². The van der Waals surface area contributed by atoms with Crippen LogP contribution >= 0.6 is 0 Å². The highest BCUT2D eigenvalue weighted by atomic mass is 16.7. The molecule has 0 unspecified atom stereocenters. The van der Waals surface area contributed by atoms with E-state index in [9.17, 15) is 19.2 Å². The van der Waals surface area contributed by atoms with Gasteiger partial charge in [-0.05, 0) is 20.8 Å². The van der Waals surface area contributed by atoms with Crippen LogP contribution in [0.25, 0.3) is 0 Å². The molecule has 28 heavy (non-hydrogen) atoms. The summed E-state index contributed by atoms with van der Waals surface area (Å²) < 4.78 is 32.5. The van der Waals surface area contributed by atoms with E-state index in [1.807, 2.05) is 0 Å². The Bertz CT molecular complexity index is 594. The molecule has 160 valence electrons. The van der Waals surface area contributed by atoms with Crippen molar-refractivity contribution < 1.29 is 47.6 Å². The highest BCUT2D eigenvalue weighted by Crippen LogP contribution is 2.31. The molecule has 0 radical (unpaired) electrons. The van der Waals surface area contributed by atoms with E-state index in [1.165, 1.54) is 13.8 Å². The number of carbonyl (C=O) groups excluding carboxylic acids is 4. The molecular weight excluding hydrogens is 376 g/mol. The molecule has 1 heterocycles. The van der Waals surface area contributed by atoms with Gasteiger partial charge >= 0.3 is 23.9 Å². The summed E-state index contributed by atoms with van der Waals surface area (Å²) in [6, 6.07) is 0. The summed E-state index contributed by atoms with van der Waals surface area (Å²) in [5.74, 6) is -2.63. The topological polar surface area (TPSA) is 124 Å². The molecule has 1 fully saturated rings. The molecule has 10 nitrogen and oxygen atoms in total. The smallest absolute Gasteiger partial charge is 0.303 e. The number of hydrogen-bond acceptors (Lipinski definition) is 10. The van der Waals surface area contributed by atoms with Crippen LogP contribution in [0.2, 0.25) is 0 Å². The van der Waals surface area contributed by atoms with E-state index in [0.717, 1.165) is 13.8 Å². The fourth-order valence-electron chi connectivity index (χ4n) is 2.63. The Morgan fingerprint density at radius 1 is 0.750 bits per heavy atom. The Morgan fingerprint density at radius 2 is 1.21 bits per heavy atom. The largest absolute Gasteiger partial charge is 0.463 e. The van der Waals surface area contributed by atoms with Crippen molar-refractivity contribution in [3.05, 3.63) is 0 Å². The quantitative estimate of drug-likeness (QED) is 0.465. The number of hydrogen-bond donors (Lipinski definition) is 0. The minimum absolute atomic E-state index is 0.290. The van der Waals surface area contributed by atoms with Gasteiger partial charge in [-0.15, -0.1) is 0 Å². The van der Waals surface area contributed by atoms with Gasteiger partial charge in [0.1, 0.15) is 12.7 Å². The molecule has 1 saturated heterocycles. The Kier molecular flexibility index (Phi) is 8.37. The predicted molar refractivity (Wildman–Crippen MR) is 92.8 cm³/mol. The first kappa shape index (κ1) is 23.8. The molecule has 0 amide bonds. The molecule has 1 aliphatic rings. The van der Waals surface area contributed by atoms with Crippen molar-refractivity contribution in [3.8, 4) is 0 Å². The summed E-state index contributed by atoms with van der Waals surface area (Å²) in [7, 11) is 0. The second-order valence-electron chi connectivity index (χ2n) is 7.30. The van der Waals surface area contributed by atoms with Crippen LogP contribution < -0.4 is 0 Å². The highest BCUT2D eigenvalue weighted by molar-refractivity contribution is 5.68. The second-order valence-corrected chi connectivity index (χ2v) is 7.30. The molecule has 0 bridgehead atoms. The third-order valence-corrected chi connectivity index (χ3v) is 3.42. The molecule has 1 rings (SSSR count). The van der Waals surface area contributed by atoms with Gasteiger partial charge in [-0.3, -0.25) is 19.2 Å². The van der Waals surface area contributed by atoms with Crippen LogP contribution in [0.15, 0.2) is 0 Å². The third kappa shape index (κ3) is 7.81. The first-order valence-corrected chi connectivity index (χ1v) is 8.78. The van der Waals surface area contributed by atoms with E-state index in [2.05, 4.69) is 0 Å². The van der Waals surface area contributed by atoms with Crippen LogP contribution in [0.3, 0.4) is 0 Å². The predicted octanol–water partition coefficient (Wildman–Crippen LogP) is 0.885. The normalized spacial score (nSPS) is 27.5. The maximum absolute atomic E-state index is 11.7. The van der Waals surface area contributed by atoms with Gasteiger partial charge in [-0.25, -0.2) is 0 Å². The zero-order chi connectivity index (χ0) is 21.6. The number of esters is 4. The van der Waals surface area contributed by atoms with Gasteiger partial charge in [0, 0.05) is 27.7 Å². The second kappa shape index (κ2) is 9.83. The maximum atomic E-state index is 11.7. The lowest BCUT2D eigenvalue weighted by molar-refractivity contribution is -0.325. The van der Waals surface area contributed by atoms with Gasteiger partial charge in [0.2, 0.25) is 0 Å². The van der Waals surface area contributed by atoms with Crippen LogP contribution in [-0.2, 0) is 47.6 Å². The Morgan fingerprint density at radius 3 is 1.64 bits per heavy atom. The molecule has 1 aliphatic heterocycles. The summed E-state index contributed by atoms with van der Waals surface area (Å²) in [6.07, 6.45) is -5.81. The van der Waals surface area contributed by atoms with Crippen molar-refractivity contribution in [2.24, 2.45) is 0 Å². The van der Waals surface area contributed by atoms with Gasteiger partial charge in [0.25, 0.3) is 0 Å². The first-order chi connectivity index (χ1) is 12.8. The van der Waals surface area contributed by atoms with Crippen LogP contribution in [0.5, 0.6) is 0 Å². The van der Waals surface area contributed by atoms with Crippen molar-refractivity contribution >= 4 is 23.9 Å². The van der Waals surface area contributed by atoms with Crippen molar-refractivity contribution in [2.45, 2.75) is 84.8 Å². The van der Waals surface area contributed by atoms with E-state index in [1.54, 1.807) is 20.8 Å². The monoisotopic (exact) mass is 404 g/mol. The fraction of sp³-hybridized carbons (Fsp3) is 0.778. The van der Waals surface area contributed by atoms with Crippen molar-refractivity contribution in [1.82, 2.24) is 0 Å². The minimum atomic E-state index is -1.23. The van der Waals surface area contributed by atoms with E-state index in [4.69, 9.17) is 28.4 Å². The molecule has 0 spiro atoms. The summed E-state index contributed by atoms with van der Waals surface area (Å²) in [5, 5.41) is 0. The standard InChI is InChI=1S/C18H28O10/c1-9(19)23-8-13-14(24-10(2)20)15(25-11(3)21)16(26-12(4)22)17(27-13)28-18(5,6)7/h13-17H,8H2,1-7H3/t13-,14-,15-,16-,17-/m0/s1. The van der Waals surface area contributed by atoms with E-state index in [0.29, 0.717) is 0 Å². The SMILES string of the molecule is CC(=O)OC[C@@H]1O[C@@H](OC(C)(C)C)[C@@H](OC(C)=O)[C@@H](OC(C)=O)[C@H]1OC(C)=O. The fourth-order valence-corrected chi connectivity index (χ4v) is 2.63. The summed E-state index contributed by atoms with van der Waals surface area (Å²) in [4.78, 5) is 46.1. The average Bonchev–Trinajstić information content (AvgIpc) is 2.48. The summed E-state index contributed by atoms with van der Waals surface area (Å²) in [5.41, 5.74) is -0.718. The van der Waals surface area contributed by atoms with Crippen LogP contribution in [-0.4, -0.2) is 66.8 Å². The molecule has 0 saturated carbocycles. The lowest BCUT2D eigenvalue weighted by Crippen LogP contribution is -2.63. The Hall–Kier alpha value is -2.20. The van der Waals surface area contributed by atoms with Crippen molar-refractivity contribution in [1.29, 1.82) is 0 Å². The molecule has 5 atom stereocenters. The van der Waals surface area contributed by atoms with E-state index < -0.39 is 60.2 Å². The van der Waals surface area contributed by atoms with Crippen molar-refractivity contribution in [2.75, 3.05) is 6.61 Å². The first-order valence-electron chi connectivity index (χ1n) is 8.78. The minimum Gasteiger partial charge on any atom is -0.463 e. The number of carbonyl (C=O) groups is 4. The number of ether oxygens (including phenoxy) is 6. The lowest BCUT2D eigenvalue weighted by atomic mass is 9.97. The van der Waals surface area contributed by atoms with Crippen molar-refractivity contribution in [3.63, 3.8) is 0 Å². The molecule has 0 N–H and O–H groups in total. The lowest BCUT2D eigenvalue weighted by Gasteiger charge is -2.45. The van der Waals surface area contributed by atoms with Gasteiger partial charge < -0.3 is 28.4 Å². The molecule has 0 aromatic heterocycles. The maximum Gasteiger partial charge on any atom is 0.303 e. The summed E-state index contributed by atoms with van der Waals surface area (Å²) >= 11 is 0. The van der Waals surface area contributed by atoms with Gasteiger partial charge in [0.05, 0.1) is 5.60 Å². The molecule has 0 aromatic carbocycles. The zero-order valence-corrected chi connectivity index (χ0v) is 17.2. The van der Waals surface area contributed by atoms with E-state index >= 15 is 0 Å². The third-order valence-electron chi connectivity index (χ3n) is 3.42. The Balaban J connectivity index is 3.33. The van der Waals surface area contributed by atoms with Crippen LogP contribution in [0, 0.1) is 0 Å². The number of rotatable bonds is 6. The highest BCUT2D eigenvalue weighted by Gasteiger charge is 2.53. The van der Waals surface area contributed by atoms with E-state index in [-0.39, 0.29) is 6.61 Å². The zero-order valence-electron chi connectivity index (χ0n) is 17.2. The van der Waals surface area contributed by atoms with Gasteiger partial charge in [-0.2, -0.15) is 0 Å². The molecule has 0 aromatic rings.